The van der Waals surface area contributed by atoms with E-state index in [1.54, 1.807) is 11.3 Å². The molecular weight excluding hydrogens is 280 g/mol. The fourth-order valence-corrected chi connectivity index (χ4v) is 3.36. The van der Waals surface area contributed by atoms with Crippen molar-refractivity contribution >= 4 is 27.5 Å². The second-order valence-corrected chi connectivity index (χ2v) is 6.28. The second kappa shape index (κ2) is 5.74. The van der Waals surface area contributed by atoms with Crippen LogP contribution in [0.2, 0.25) is 0 Å². The number of hydrogen-bond acceptors (Lipinski definition) is 2. The molecule has 0 unspecified atom stereocenters. The maximum atomic E-state index is 12.5. The van der Waals surface area contributed by atoms with Gasteiger partial charge in [-0.25, -0.2) is 0 Å². The first kappa shape index (κ1) is 13.9. The van der Waals surface area contributed by atoms with E-state index in [1.165, 1.54) is 0 Å². The van der Waals surface area contributed by atoms with Crippen LogP contribution in [0, 0.1) is 0 Å². The highest BCUT2D eigenvalue weighted by Gasteiger charge is 2.17. The topological polar surface area (TPSA) is 34.0 Å². The molecule has 2 aromatic heterocycles. The smallest absolute Gasteiger partial charge is 0.268 e. The van der Waals surface area contributed by atoms with Gasteiger partial charge < -0.3 is 9.88 Å². The molecule has 0 aliphatic heterocycles. The van der Waals surface area contributed by atoms with E-state index in [0.29, 0.717) is 6.54 Å². The van der Waals surface area contributed by atoms with Crippen LogP contribution in [0.15, 0.2) is 47.8 Å². The maximum Gasteiger partial charge on any atom is 0.268 e. The van der Waals surface area contributed by atoms with Crippen molar-refractivity contribution < 1.29 is 4.79 Å². The molecule has 1 N–H and O–H groups in total. The van der Waals surface area contributed by atoms with Gasteiger partial charge in [0, 0.05) is 12.6 Å². The monoisotopic (exact) mass is 298 g/mol. The standard InChI is InChI=1S/C17H18N2OS/c1-12(2)19-14-8-9-21-16(14)10-15(19)17(20)18-11-13-6-4-3-5-7-13/h3-10,12H,11H2,1-2H3,(H,18,20). The highest BCUT2D eigenvalue weighted by atomic mass is 32.1. The molecule has 0 bridgehead atoms. The summed E-state index contributed by atoms with van der Waals surface area (Å²) in [5.41, 5.74) is 2.98. The van der Waals surface area contributed by atoms with Crippen LogP contribution in [-0.2, 0) is 6.54 Å². The summed E-state index contributed by atoms with van der Waals surface area (Å²) in [7, 11) is 0. The average molecular weight is 298 g/mol. The van der Waals surface area contributed by atoms with Gasteiger partial charge >= 0.3 is 0 Å². The number of fused-ring (bicyclic) bond motifs is 1. The first-order valence-corrected chi connectivity index (χ1v) is 7.95. The molecule has 3 aromatic rings. The summed E-state index contributed by atoms with van der Waals surface area (Å²) in [4.78, 5) is 12.5. The van der Waals surface area contributed by atoms with Crippen LogP contribution in [0.1, 0.15) is 35.9 Å². The summed E-state index contributed by atoms with van der Waals surface area (Å²) in [6, 6.07) is 14.3. The van der Waals surface area contributed by atoms with Crippen LogP contribution in [0.4, 0.5) is 0 Å². The van der Waals surface area contributed by atoms with E-state index in [-0.39, 0.29) is 11.9 Å². The Bertz CT molecular complexity index is 756. The molecular formula is C17H18N2OS. The fourth-order valence-electron chi connectivity index (χ4n) is 2.54. The first-order chi connectivity index (χ1) is 10.2. The number of rotatable bonds is 4. The molecule has 1 amide bonds. The van der Waals surface area contributed by atoms with Gasteiger partial charge in [-0.3, -0.25) is 4.79 Å². The average Bonchev–Trinajstić information content (AvgIpc) is 3.05. The third kappa shape index (κ3) is 2.72. The molecule has 0 aliphatic carbocycles. The number of nitrogens with one attached hydrogen (secondary N) is 1. The van der Waals surface area contributed by atoms with Gasteiger partial charge in [0.2, 0.25) is 0 Å². The quantitative estimate of drug-likeness (QED) is 0.769. The predicted octanol–water partition coefficient (Wildman–Crippen LogP) is 4.21. The summed E-state index contributed by atoms with van der Waals surface area (Å²) in [5.74, 6) is -0.0176. The number of carbonyl (C=O) groups is 1. The third-order valence-corrected chi connectivity index (χ3v) is 4.36. The largest absolute Gasteiger partial charge is 0.347 e. The van der Waals surface area contributed by atoms with Gasteiger partial charge in [-0.05, 0) is 36.9 Å². The van der Waals surface area contributed by atoms with Crippen molar-refractivity contribution in [1.82, 2.24) is 9.88 Å². The molecule has 4 heteroatoms. The van der Waals surface area contributed by atoms with E-state index in [0.717, 1.165) is 21.5 Å². The Morgan fingerprint density at radius 2 is 2.00 bits per heavy atom. The normalized spacial score (nSPS) is 11.2. The molecule has 3 rings (SSSR count). The van der Waals surface area contributed by atoms with Gasteiger partial charge in [-0.15, -0.1) is 11.3 Å². The number of aromatic nitrogens is 1. The minimum absolute atomic E-state index is 0.0176. The Morgan fingerprint density at radius 3 is 2.71 bits per heavy atom. The molecule has 0 aliphatic rings. The zero-order chi connectivity index (χ0) is 14.8. The summed E-state index contributed by atoms with van der Waals surface area (Å²) >= 11 is 1.67. The van der Waals surface area contributed by atoms with Crippen LogP contribution < -0.4 is 5.32 Å². The molecule has 108 valence electrons. The van der Waals surface area contributed by atoms with Crippen molar-refractivity contribution in [3.05, 3.63) is 59.1 Å². The molecule has 0 spiro atoms. The molecule has 21 heavy (non-hydrogen) atoms. The van der Waals surface area contributed by atoms with Crippen molar-refractivity contribution in [1.29, 1.82) is 0 Å². The summed E-state index contributed by atoms with van der Waals surface area (Å²) in [6.07, 6.45) is 0. The zero-order valence-electron chi connectivity index (χ0n) is 12.2. The first-order valence-electron chi connectivity index (χ1n) is 7.07. The number of nitrogens with zero attached hydrogens (tertiary/aromatic N) is 1. The van der Waals surface area contributed by atoms with Crippen LogP contribution in [-0.4, -0.2) is 10.5 Å². The summed E-state index contributed by atoms with van der Waals surface area (Å²) < 4.78 is 3.26. The van der Waals surface area contributed by atoms with Crippen molar-refractivity contribution in [2.24, 2.45) is 0 Å². The maximum absolute atomic E-state index is 12.5. The summed E-state index contributed by atoms with van der Waals surface area (Å²) in [6.45, 7) is 4.76. The third-order valence-electron chi connectivity index (χ3n) is 3.51. The van der Waals surface area contributed by atoms with Gasteiger partial charge in [0.05, 0.1) is 10.2 Å². The lowest BCUT2D eigenvalue weighted by atomic mass is 10.2. The van der Waals surface area contributed by atoms with Gasteiger partial charge in [0.25, 0.3) is 5.91 Å². The Hall–Kier alpha value is -2.07. The van der Waals surface area contributed by atoms with Gasteiger partial charge in [0.1, 0.15) is 5.69 Å². The second-order valence-electron chi connectivity index (χ2n) is 5.33. The van der Waals surface area contributed by atoms with Crippen LogP contribution in [0.25, 0.3) is 10.2 Å². The molecule has 0 fully saturated rings. The molecule has 2 heterocycles. The van der Waals surface area contributed by atoms with Crippen LogP contribution >= 0.6 is 11.3 Å². The predicted molar refractivity (Wildman–Crippen MR) is 87.8 cm³/mol. The number of carbonyl (C=O) groups excluding carboxylic acids is 1. The molecule has 0 saturated heterocycles. The van der Waals surface area contributed by atoms with Crippen molar-refractivity contribution in [3.63, 3.8) is 0 Å². The molecule has 0 saturated carbocycles. The minimum atomic E-state index is -0.0176. The highest BCUT2D eigenvalue weighted by molar-refractivity contribution is 7.17. The number of hydrogen-bond donors (Lipinski definition) is 1. The van der Waals surface area contributed by atoms with Crippen molar-refractivity contribution in [2.45, 2.75) is 26.4 Å². The zero-order valence-corrected chi connectivity index (χ0v) is 13.0. The molecule has 1 aromatic carbocycles. The van der Waals surface area contributed by atoms with Gasteiger partial charge in [-0.1, -0.05) is 30.3 Å². The van der Waals surface area contributed by atoms with Crippen LogP contribution in [0.3, 0.4) is 0 Å². The lowest BCUT2D eigenvalue weighted by molar-refractivity contribution is 0.0940. The van der Waals surface area contributed by atoms with Gasteiger partial charge in [0.15, 0.2) is 0 Å². The Kier molecular flexibility index (Phi) is 3.80. The van der Waals surface area contributed by atoms with Crippen LogP contribution in [0.5, 0.6) is 0 Å². The van der Waals surface area contributed by atoms with Crippen molar-refractivity contribution in [3.8, 4) is 0 Å². The molecule has 0 radical (unpaired) electrons. The SMILES string of the molecule is CC(C)n1c(C(=O)NCc2ccccc2)cc2sccc21. The lowest BCUT2D eigenvalue weighted by Gasteiger charge is -2.14. The molecule has 3 nitrogen and oxygen atoms in total. The minimum Gasteiger partial charge on any atom is -0.347 e. The number of thiophene rings is 1. The Morgan fingerprint density at radius 1 is 1.24 bits per heavy atom. The number of benzene rings is 1. The summed E-state index contributed by atoms with van der Waals surface area (Å²) in [5, 5.41) is 5.07. The van der Waals surface area contributed by atoms with E-state index >= 15 is 0 Å². The van der Waals surface area contributed by atoms with Crippen molar-refractivity contribution in [2.75, 3.05) is 0 Å². The highest BCUT2D eigenvalue weighted by Crippen LogP contribution is 2.28. The van der Waals surface area contributed by atoms with E-state index in [9.17, 15) is 4.79 Å². The van der Waals surface area contributed by atoms with E-state index in [4.69, 9.17) is 0 Å². The van der Waals surface area contributed by atoms with E-state index < -0.39 is 0 Å². The Labute approximate surface area is 128 Å². The number of amides is 1. The Balaban J connectivity index is 1.84. The fraction of sp³-hybridized carbons (Fsp3) is 0.235. The van der Waals surface area contributed by atoms with E-state index in [2.05, 4.69) is 35.2 Å². The van der Waals surface area contributed by atoms with Gasteiger partial charge in [-0.2, -0.15) is 0 Å². The molecule has 0 atom stereocenters. The van der Waals surface area contributed by atoms with E-state index in [1.807, 2.05) is 36.4 Å². The lowest BCUT2D eigenvalue weighted by Crippen LogP contribution is -2.25.